The van der Waals surface area contributed by atoms with Gasteiger partial charge in [0.05, 0.1) is 18.3 Å². The van der Waals surface area contributed by atoms with E-state index in [2.05, 4.69) is 9.97 Å². The minimum atomic E-state index is -1.01. The minimum Gasteiger partial charge on any atom is -0.366 e. The number of aliphatic hydroxyl groups excluding tert-OH is 1. The predicted octanol–water partition coefficient (Wildman–Crippen LogP) is 0.536. The third-order valence-electron chi connectivity index (χ3n) is 2.47. The molecule has 6 heteroatoms. The minimum absolute atomic E-state index is 0.0730. The topological polar surface area (TPSA) is 77.2 Å². The van der Waals surface area contributed by atoms with Gasteiger partial charge in [0.15, 0.2) is 11.9 Å². The first-order valence-electron chi connectivity index (χ1n) is 5.82. The third-order valence-corrected chi connectivity index (χ3v) is 2.47. The molecule has 0 amide bonds. The van der Waals surface area contributed by atoms with Crippen LogP contribution in [-0.4, -0.2) is 32.5 Å². The second kappa shape index (κ2) is 5.70. The summed E-state index contributed by atoms with van der Waals surface area (Å²) in [5, 5.41) is 9.69. The summed E-state index contributed by atoms with van der Waals surface area (Å²) in [5.41, 5.74) is 0.776. The summed E-state index contributed by atoms with van der Waals surface area (Å²) in [7, 11) is 0. The highest BCUT2D eigenvalue weighted by atomic mass is 16.6. The molecule has 0 aliphatic heterocycles. The van der Waals surface area contributed by atoms with Gasteiger partial charge in [-0.25, -0.2) is 9.97 Å². The van der Waals surface area contributed by atoms with Gasteiger partial charge in [0, 0.05) is 12.8 Å². The molecular formula is C12H15N3O3. The second-order valence-electron chi connectivity index (χ2n) is 3.88. The molecule has 1 N–H and O–H groups in total. The Kier molecular flexibility index (Phi) is 4.01. The van der Waals surface area contributed by atoms with Crippen LogP contribution in [0.4, 0.5) is 0 Å². The Labute approximate surface area is 104 Å². The van der Waals surface area contributed by atoms with Crippen molar-refractivity contribution in [2.75, 3.05) is 6.61 Å². The number of pyridine rings is 1. The van der Waals surface area contributed by atoms with E-state index in [0.717, 1.165) is 6.42 Å². The number of hydrogen-bond donors (Lipinski definition) is 1. The van der Waals surface area contributed by atoms with Crippen LogP contribution >= 0.6 is 0 Å². The quantitative estimate of drug-likeness (QED) is 0.782. The van der Waals surface area contributed by atoms with Gasteiger partial charge >= 0.3 is 0 Å². The molecule has 1 unspecified atom stereocenters. The summed E-state index contributed by atoms with van der Waals surface area (Å²) in [6.45, 7) is 2.48. The molecule has 0 saturated heterocycles. The molecule has 0 fully saturated rings. The second-order valence-corrected chi connectivity index (χ2v) is 3.88. The molecule has 0 bridgehead atoms. The van der Waals surface area contributed by atoms with E-state index < -0.39 is 6.29 Å². The highest BCUT2D eigenvalue weighted by molar-refractivity contribution is 5.69. The van der Waals surface area contributed by atoms with Crippen molar-refractivity contribution in [3.63, 3.8) is 0 Å². The number of aliphatic hydroxyl groups is 1. The number of ether oxygens (including phenoxy) is 1. The van der Waals surface area contributed by atoms with Gasteiger partial charge in [0.1, 0.15) is 0 Å². The maximum atomic E-state index is 11.7. The maximum Gasteiger partial charge on any atom is 0.269 e. The maximum absolute atomic E-state index is 11.7. The van der Waals surface area contributed by atoms with Gasteiger partial charge < -0.3 is 9.84 Å². The smallest absolute Gasteiger partial charge is 0.269 e. The van der Waals surface area contributed by atoms with Gasteiger partial charge in [0.25, 0.3) is 5.56 Å². The number of hydrogen-bond acceptors (Lipinski definition) is 5. The Morgan fingerprint density at radius 3 is 3.11 bits per heavy atom. The zero-order valence-corrected chi connectivity index (χ0v) is 10.1. The van der Waals surface area contributed by atoms with Crippen molar-refractivity contribution in [1.29, 1.82) is 0 Å². The van der Waals surface area contributed by atoms with Crippen LogP contribution in [0.3, 0.4) is 0 Å². The zero-order chi connectivity index (χ0) is 13.0. The first-order valence-corrected chi connectivity index (χ1v) is 5.82. The predicted molar refractivity (Wildman–Crippen MR) is 66.0 cm³/mol. The average Bonchev–Trinajstić information content (AvgIpc) is 2.40. The summed E-state index contributed by atoms with van der Waals surface area (Å²) in [4.78, 5) is 19.8. The zero-order valence-electron chi connectivity index (χ0n) is 10.1. The molecule has 2 aromatic rings. The van der Waals surface area contributed by atoms with Crippen LogP contribution in [0.25, 0.3) is 11.2 Å². The van der Waals surface area contributed by atoms with Crippen LogP contribution in [0, 0.1) is 0 Å². The molecular weight excluding hydrogens is 234 g/mol. The van der Waals surface area contributed by atoms with E-state index in [-0.39, 0.29) is 12.1 Å². The Bertz CT molecular complexity index is 582. The van der Waals surface area contributed by atoms with Gasteiger partial charge in [-0.15, -0.1) is 0 Å². The van der Waals surface area contributed by atoms with E-state index in [4.69, 9.17) is 4.74 Å². The molecule has 0 aromatic carbocycles. The summed E-state index contributed by atoms with van der Waals surface area (Å²) in [6, 6.07) is 3.46. The monoisotopic (exact) mass is 249 g/mol. The average molecular weight is 249 g/mol. The van der Waals surface area contributed by atoms with Crippen molar-refractivity contribution in [1.82, 2.24) is 14.5 Å². The van der Waals surface area contributed by atoms with Crippen molar-refractivity contribution in [2.45, 2.75) is 26.2 Å². The molecule has 1 atom stereocenters. The lowest BCUT2D eigenvalue weighted by Gasteiger charge is -2.14. The summed E-state index contributed by atoms with van der Waals surface area (Å²) >= 11 is 0. The highest BCUT2D eigenvalue weighted by Gasteiger charge is 2.10. The van der Waals surface area contributed by atoms with E-state index in [0.29, 0.717) is 17.8 Å². The van der Waals surface area contributed by atoms with Crippen molar-refractivity contribution < 1.29 is 9.84 Å². The Balaban J connectivity index is 2.31. The van der Waals surface area contributed by atoms with Crippen LogP contribution in [0.1, 0.15) is 13.3 Å². The highest BCUT2D eigenvalue weighted by Crippen LogP contribution is 2.06. The van der Waals surface area contributed by atoms with Gasteiger partial charge in [0.2, 0.25) is 0 Å². The van der Waals surface area contributed by atoms with Crippen LogP contribution in [0.5, 0.6) is 0 Å². The molecule has 2 heterocycles. The van der Waals surface area contributed by atoms with E-state index in [1.165, 1.54) is 10.8 Å². The van der Waals surface area contributed by atoms with E-state index >= 15 is 0 Å². The largest absolute Gasteiger partial charge is 0.366 e. The molecule has 2 rings (SSSR count). The van der Waals surface area contributed by atoms with Crippen molar-refractivity contribution in [3.8, 4) is 0 Å². The van der Waals surface area contributed by atoms with Gasteiger partial charge in [-0.1, -0.05) is 6.92 Å². The lowest BCUT2D eigenvalue weighted by Crippen LogP contribution is -2.28. The normalized spacial score (nSPS) is 12.8. The molecule has 6 nitrogen and oxygen atoms in total. The molecule has 96 valence electrons. The van der Waals surface area contributed by atoms with Gasteiger partial charge in [-0.3, -0.25) is 9.36 Å². The summed E-state index contributed by atoms with van der Waals surface area (Å²) in [5.74, 6) is 0. The third kappa shape index (κ3) is 2.72. The summed E-state index contributed by atoms with van der Waals surface area (Å²) < 4.78 is 6.57. The van der Waals surface area contributed by atoms with Crippen molar-refractivity contribution >= 4 is 11.2 Å². The molecule has 2 aromatic heterocycles. The number of aromatic nitrogens is 3. The fourth-order valence-electron chi connectivity index (χ4n) is 1.65. The lowest BCUT2D eigenvalue weighted by molar-refractivity contribution is -0.107. The Hall–Kier alpha value is -1.79. The van der Waals surface area contributed by atoms with Crippen LogP contribution in [-0.2, 0) is 11.3 Å². The van der Waals surface area contributed by atoms with Crippen molar-refractivity contribution in [2.24, 2.45) is 0 Å². The Morgan fingerprint density at radius 1 is 1.50 bits per heavy atom. The fourth-order valence-corrected chi connectivity index (χ4v) is 1.65. The first-order chi connectivity index (χ1) is 8.72. The fraction of sp³-hybridized carbons (Fsp3) is 0.417. The summed E-state index contributed by atoms with van der Waals surface area (Å²) in [6.07, 6.45) is 2.61. The van der Waals surface area contributed by atoms with Crippen LogP contribution in [0.2, 0.25) is 0 Å². The van der Waals surface area contributed by atoms with E-state index in [9.17, 15) is 9.90 Å². The van der Waals surface area contributed by atoms with E-state index in [1.807, 2.05) is 6.92 Å². The molecule has 0 aliphatic carbocycles. The number of nitrogens with zero attached hydrogens (tertiary/aromatic N) is 3. The van der Waals surface area contributed by atoms with Gasteiger partial charge in [-0.05, 0) is 18.6 Å². The lowest BCUT2D eigenvalue weighted by atomic mass is 10.4. The molecule has 18 heavy (non-hydrogen) atoms. The van der Waals surface area contributed by atoms with Crippen LogP contribution < -0.4 is 5.56 Å². The molecule has 0 saturated carbocycles. The standard InChI is InChI=1S/C12H15N3O3/c1-2-6-18-11(17)8-15-9-4-3-5-13-12(9)14-7-10(15)16/h3-5,7,11,17H,2,6,8H2,1H3. The number of fused-ring (bicyclic) bond motifs is 1. The van der Waals surface area contributed by atoms with Crippen LogP contribution in [0.15, 0.2) is 29.3 Å². The van der Waals surface area contributed by atoms with E-state index in [1.54, 1.807) is 18.3 Å². The molecule has 0 aliphatic rings. The SMILES string of the molecule is CCCOC(O)Cn1c(=O)cnc2ncccc21. The molecule has 0 spiro atoms. The Morgan fingerprint density at radius 2 is 2.33 bits per heavy atom. The van der Waals surface area contributed by atoms with Crippen molar-refractivity contribution in [3.05, 3.63) is 34.9 Å². The number of rotatable bonds is 5. The van der Waals surface area contributed by atoms with Gasteiger partial charge in [-0.2, -0.15) is 0 Å². The first kappa shape index (κ1) is 12.7. The molecule has 0 radical (unpaired) electrons.